The molecule has 0 saturated carbocycles. The molecule has 1 aromatic rings. The molecule has 0 aliphatic heterocycles. The molecule has 1 amide bonds. The standard InChI is InChI=1S/C9H10ClIN2O/c1-12-5-9(14)13-8-4-6(11)2-3-7(8)10/h2-4,12H,5H2,1H3,(H,13,14). The normalized spacial score (nSPS) is 9.93. The Bertz CT molecular complexity index is 344. The van der Waals surface area contributed by atoms with Gasteiger partial charge in [0.2, 0.25) is 5.91 Å². The van der Waals surface area contributed by atoms with Gasteiger partial charge in [0, 0.05) is 3.57 Å². The molecule has 0 aliphatic carbocycles. The van der Waals surface area contributed by atoms with Crippen molar-refractivity contribution in [3.05, 3.63) is 26.8 Å². The fourth-order valence-electron chi connectivity index (χ4n) is 0.948. The van der Waals surface area contributed by atoms with Crippen LogP contribution < -0.4 is 10.6 Å². The minimum Gasteiger partial charge on any atom is -0.324 e. The van der Waals surface area contributed by atoms with Crippen LogP contribution in [0.4, 0.5) is 5.69 Å². The number of rotatable bonds is 3. The van der Waals surface area contributed by atoms with Gasteiger partial charge in [0.15, 0.2) is 0 Å². The molecule has 14 heavy (non-hydrogen) atoms. The van der Waals surface area contributed by atoms with Crippen molar-refractivity contribution in [3.8, 4) is 0 Å². The maximum atomic E-state index is 11.2. The number of carbonyl (C=O) groups excluding carboxylic acids is 1. The third-order valence-corrected chi connectivity index (χ3v) is 2.54. The summed E-state index contributed by atoms with van der Waals surface area (Å²) in [5.74, 6) is -0.101. The number of nitrogens with one attached hydrogen (secondary N) is 2. The second-order valence-corrected chi connectivity index (χ2v) is 4.36. The molecule has 0 spiro atoms. The van der Waals surface area contributed by atoms with Crippen LogP contribution in [-0.4, -0.2) is 19.5 Å². The van der Waals surface area contributed by atoms with Crippen LogP contribution in [0.3, 0.4) is 0 Å². The van der Waals surface area contributed by atoms with E-state index >= 15 is 0 Å². The van der Waals surface area contributed by atoms with E-state index in [4.69, 9.17) is 11.6 Å². The van der Waals surface area contributed by atoms with Crippen molar-refractivity contribution in [1.29, 1.82) is 0 Å². The quantitative estimate of drug-likeness (QED) is 0.836. The molecule has 0 bridgehead atoms. The lowest BCUT2D eigenvalue weighted by Crippen LogP contribution is -2.25. The second-order valence-electron chi connectivity index (χ2n) is 2.70. The summed E-state index contributed by atoms with van der Waals surface area (Å²) < 4.78 is 1.03. The van der Waals surface area contributed by atoms with Crippen LogP contribution in [0.1, 0.15) is 0 Å². The maximum absolute atomic E-state index is 11.2. The molecule has 0 aliphatic rings. The van der Waals surface area contributed by atoms with Crippen molar-refractivity contribution in [2.24, 2.45) is 0 Å². The number of carbonyl (C=O) groups is 1. The van der Waals surface area contributed by atoms with Gasteiger partial charge in [0.1, 0.15) is 0 Å². The molecule has 0 unspecified atom stereocenters. The highest BCUT2D eigenvalue weighted by Gasteiger charge is 2.04. The van der Waals surface area contributed by atoms with E-state index in [1.165, 1.54) is 0 Å². The summed E-state index contributed by atoms with van der Waals surface area (Å²) in [7, 11) is 1.72. The van der Waals surface area contributed by atoms with Crippen LogP contribution in [0.15, 0.2) is 18.2 Å². The second kappa shape index (κ2) is 5.53. The van der Waals surface area contributed by atoms with Crippen molar-refractivity contribution in [2.45, 2.75) is 0 Å². The Morgan fingerprint density at radius 1 is 1.57 bits per heavy atom. The summed E-state index contributed by atoms with van der Waals surface area (Å²) in [5.41, 5.74) is 0.652. The Labute approximate surface area is 101 Å². The minimum absolute atomic E-state index is 0.101. The maximum Gasteiger partial charge on any atom is 0.238 e. The molecule has 0 heterocycles. The van der Waals surface area contributed by atoms with Gasteiger partial charge < -0.3 is 10.6 Å². The highest BCUT2D eigenvalue weighted by Crippen LogP contribution is 2.23. The monoisotopic (exact) mass is 324 g/mol. The lowest BCUT2D eigenvalue weighted by molar-refractivity contribution is -0.115. The van der Waals surface area contributed by atoms with E-state index in [-0.39, 0.29) is 12.5 Å². The van der Waals surface area contributed by atoms with Gasteiger partial charge in [-0.15, -0.1) is 0 Å². The summed E-state index contributed by atoms with van der Waals surface area (Å²) in [6, 6.07) is 5.48. The Balaban J connectivity index is 2.75. The smallest absolute Gasteiger partial charge is 0.238 e. The number of hydrogen-bond donors (Lipinski definition) is 2. The van der Waals surface area contributed by atoms with Gasteiger partial charge in [-0.2, -0.15) is 0 Å². The van der Waals surface area contributed by atoms with Crippen molar-refractivity contribution >= 4 is 45.8 Å². The summed E-state index contributed by atoms with van der Waals surface area (Å²) in [4.78, 5) is 11.2. The number of hydrogen-bond acceptors (Lipinski definition) is 2. The van der Waals surface area contributed by atoms with E-state index in [2.05, 4.69) is 33.2 Å². The fourth-order valence-corrected chi connectivity index (χ4v) is 1.60. The molecular weight excluding hydrogens is 314 g/mol. The van der Waals surface area contributed by atoms with Crippen molar-refractivity contribution in [3.63, 3.8) is 0 Å². The predicted octanol–water partition coefficient (Wildman–Crippen LogP) is 2.10. The van der Waals surface area contributed by atoms with E-state index in [0.29, 0.717) is 10.7 Å². The van der Waals surface area contributed by atoms with E-state index in [1.807, 2.05) is 12.1 Å². The van der Waals surface area contributed by atoms with Crippen molar-refractivity contribution < 1.29 is 4.79 Å². The largest absolute Gasteiger partial charge is 0.324 e. The third kappa shape index (κ3) is 3.43. The number of anilines is 1. The highest BCUT2D eigenvalue weighted by atomic mass is 127. The van der Waals surface area contributed by atoms with Gasteiger partial charge in [-0.3, -0.25) is 4.79 Å². The zero-order valence-electron chi connectivity index (χ0n) is 7.60. The highest BCUT2D eigenvalue weighted by molar-refractivity contribution is 14.1. The molecule has 0 radical (unpaired) electrons. The first-order chi connectivity index (χ1) is 6.63. The Morgan fingerprint density at radius 3 is 2.93 bits per heavy atom. The predicted molar refractivity (Wildman–Crippen MR) is 66.7 cm³/mol. The SMILES string of the molecule is CNCC(=O)Nc1cc(I)ccc1Cl. The summed E-state index contributed by atoms with van der Waals surface area (Å²) in [6.07, 6.45) is 0. The van der Waals surface area contributed by atoms with Gasteiger partial charge >= 0.3 is 0 Å². The van der Waals surface area contributed by atoms with E-state index in [0.717, 1.165) is 3.57 Å². The minimum atomic E-state index is -0.101. The van der Waals surface area contributed by atoms with Gasteiger partial charge in [0.25, 0.3) is 0 Å². The molecule has 1 aromatic carbocycles. The van der Waals surface area contributed by atoms with Crippen LogP contribution in [0.2, 0.25) is 5.02 Å². The van der Waals surface area contributed by atoms with Crippen LogP contribution in [0.25, 0.3) is 0 Å². The molecule has 0 atom stereocenters. The van der Waals surface area contributed by atoms with E-state index in [9.17, 15) is 4.79 Å². The van der Waals surface area contributed by atoms with Crippen molar-refractivity contribution in [2.75, 3.05) is 18.9 Å². The number of amides is 1. The first-order valence-corrected chi connectivity index (χ1v) is 5.48. The lowest BCUT2D eigenvalue weighted by Gasteiger charge is -2.06. The average molecular weight is 325 g/mol. The van der Waals surface area contributed by atoms with Crippen LogP contribution >= 0.6 is 34.2 Å². The third-order valence-electron chi connectivity index (χ3n) is 1.54. The molecule has 1 rings (SSSR count). The van der Waals surface area contributed by atoms with Gasteiger partial charge in [0.05, 0.1) is 17.3 Å². The summed E-state index contributed by atoms with van der Waals surface area (Å²) >= 11 is 8.07. The first-order valence-electron chi connectivity index (χ1n) is 4.03. The van der Waals surface area contributed by atoms with Crippen LogP contribution in [0.5, 0.6) is 0 Å². The molecule has 3 nitrogen and oxygen atoms in total. The summed E-state index contributed by atoms with van der Waals surface area (Å²) in [6.45, 7) is 0.280. The molecule has 2 N–H and O–H groups in total. The Kier molecular flexibility index (Phi) is 4.64. The van der Waals surface area contributed by atoms with Crippen LogP contribution in [0, 0.1) is 3.57 Å². The van der Waals surface area contributed by atoms with Gasteiger partial charge in [-0.25, -0.2) is 0 Å². The molecular formula is C9H10ClIN2O. The Hall–Kier alpha value is -0.330. The molecule has 0 fully saturated rings. The molecule has 0 aromatic heterocycles. The van der Waals surface area contributed by atoms with Gasteiger partial charge in [-0.05, 0) is 47.8 Å². The van der Waals surface area contributed by atoms with E-state index in [1.54, 1.807) is 13.1 Å². The average Bonchev–Trinajstić information content (AvgIpc) is 2.12. The summed E-state index contributed by atoms with van der Waals surface area (Å²) in [5, 5.41) is 6.03. The fraction of sp³-hybridized carbons (Fsp3) is 0.222. The Morgan fingerprint density at radius 2 is 2.29 bits per heavy atom. The van der Waals surface area contributed by atoms with Crippen LogP contribution in [-0.2, 0) is 4.79 Å². The molecule has 5 heteroatoms. The zero-order valence-corrected chi connectivity index (χ0v) is 10.5. The number of benzene rings is 1. The molecule has 0 saturated heterocycles. The number of halogens is 2. The number of likely N-dealkylation sites (N-methyl/N-ethyl adjacent to an activating group) is 1. The topological polar surface area (TPSA) is 41.1 Å². The first kappa shape index (κ1) is 11.7. The lowest BCUT2D eigenvalue weighted by atomic mass is 10.3. The zero-order chi connectivity index (χ0) is 10.6. The van der Waals surface area contributed by atoms with Crippen molar-refractivity contribution in [1.82, 2.24) is 5.32 Å². The van der Waals surface area contributed by atoms with Gasteiger partial charge in [-0.1, -0.05) is 11.6 Å². The van der Waals surface area contributed by atoms with E-state index < -0.39 is 0 Å². The molecule has 76 valence electrons.